The average Bonchev–Trinajstić information content (AvgIpc) is 2.83. The Morgan fingerprint density at radius 1 is 1.28 bits per heavy atom. The number of aromatic nitrogens is 4. The van der Waals surface area contributed by atoms with Crippen LogP contribution in [0.2, 0.25) is 0 Å². The predicted octanol–water partition coefficient (Wildman–Crippen LogP) is 1.51. The van der Waals surface area contributed by atoms with Gasteiger partial charge in [0.15, 0.2) is 5.82 Å². The fraction of sp³-hybridized carbons (Fsp3) is 0.462. The molecule has 0 fully saturated rings. The van der Waals surface area contributed by atoms with Crippen LogP contribution in [0.15, 0.2) is 18.6 Å². The number of hydrogen-bond acceptors (Lipinski definition) is 4. The molecule has 0 atom stereocenters. The second-order valence-corrected chi connectivity index (χ2v) is 4.15. The molecule has 2 rings (SSSR count). The average molecular weight is 245 g/mol. The van der Waals surface area contributed by atoms with E-state index in [1.54, 1.807) is 6.33 Å². The van der Waals surface area contributed by atoms with Gasteiger partial charge in [0.05, 0.1) is 5.69 Å². The molecule has 1 N–H and O–H groups in total. The molecule has 0 aromatic carbocycles. The molecule has 2 heterocycles. The lowest BCUT2D eigenvalue weighted by Gasteiger charge is -2.09. The molecule has 5 heteroatoms. The Hall–Kier alpha value is -1.75. The highest BCUT2D eigenvalue weighted by Crippen LogP contribution is 2.15. The smallest absolute Gasteiger partial charge is 0.161 e. The molecular formula is C13H19N5. The second-order valence-electron chi connectivity index (χ2n) is 4.15. The molecule has 18 heavy (non-hydrogen) atoms. The monoisotopic (exact) mass is 245 g/mol. The van der Waals surface area contributed by atoms with Crippen molar-refractivity contribution in [2.24, 2.45) is 0 Å². The summed E-state index contributed by atoms with van der Waals surface area (Å²) >= 11 is 0. The first-order valence-corrected chi connectivity index (χ1v) is 6.31. The van der Waals surface area contributed by atoms with Gasteiger partial charge in [0, 0.05) is 24.0 Å². The zero-order valence-electron chi connectivity index (χ0n) is 11.1. The molecule has 0 aliphatic rings. The quantitative estimate of drug-likeness (QED) is 0.867. The molecule has 0 aliphatic carbocycles. The van der Waals surface area contributed by atoms with Crippen LogP contribution in [0, 0.1) is 0 Å². The van der Waals surface area contributed by atoms with Gasteiger partial charge >= 0.3 is 0 Å². The minimum absolute atomic E-state index is 0.737. The van der Waals surface area contributed by atoms with Gasteiger partial charge in [-0.25, -0.2) is 14.6 Å². The van der Waals surface area contributed by atoms with Crippen molar-refractivity contribution in [3.05, 3.63) is 35.5 Å². The Labute approximate surface area is 107 Å². The Morgan fingerprint density at radius 2 is 2.11 bits per heavy atom. The Morgan fingerprint density at radius 3 is 2.78 bits per heavy atom. The normalized spacial score (nSPS) is 10.8. The zero-order chi connectivity index (χ0) is 13.0. The van der Waals surface area contributed by atoms with Gasteiger partial charge in [0.1, 0.15) is 6.33 Å². The summed E-state index contributed by atoms with van der Waals surface area (Å²) < 4.78 is 1.94. The molecule has 2 aromatic heterocycles. The summed E-state index contributed by atoms with van der Waals surface area (Å²) in [6.07, 6.45) is 5.29. The van der Waals surface area contributed by atoms with Crippen molar-refractivity contribution in [3.63, 3.8) is 0 Å². The van der Waals surface area contributed by atoms with Crippen LogP contribution < -0.4 is 5.32 Å². The van der Waals surface area contributed by atoms with Gasteiger partial charge in [-0.3, -0.25) is 0 Å². The van der Waals surface area contributed by atoms with Crippen LogP contribution in [0.3, 0.4) is 0 Å². The lowest BCUT2D eigenvalue weighted by Crippen LogP contribution is -2.13. The lowest BCUT2D eigenvalue weighted by atomic mass is 10.2. The summed E-state index contributed by atoms with van der Waals surface area (Å²) in [7, 11) is 1.91. The van der Waals surface area contributed by atoms with E-state index < -0.39 is 0 Å². The highest BCUT2D eigenvalue weighted by atomic mass is 15.3. The van der Waals surface area contributed by atoms with Gasteiger partial charge in [0.25, 0.3) is 0 Å². The van der Waals surface area contributed by atoms with Gasteiger partial charge in [-0.15, -0.1) is 0 Å². The summed E-state index contributed by atoms with van der Waals surface area (Å²) in [5.74, 6) is 0.871. The molecule has 0 aliphatic heterocycles. The van der Waals surface area contributed by atoms with Crippen LogP contribution in [0.4, 0.5) is 0 Å². The summed E-state index contributed by atoms with van der Waals surface area (Å²) in [4.78, 5) is 8.45. The van der Waals surface area contributed by atoms with Crippen LogP contribution in [0.25, 0.3) is 5.82 Å². The van der Waals surface area contributed by atoms with Crippen molar-refractivity contribution in [2.45, 2.75) is 33.2 Å². The van der Waals surface area contributed by atoms with E-state index in [0.29, 0.717) is 0 Å². The Kier molecular flexibility index (Phi) is 4.04. The van der Waals surface area contributed by atoms with E-state index in [0.717, 1.165) is 36.5 Å². The van der Waals surface area contributed by atoms with E-state index in [4.69, 9.17) is 0 Å². The van der Waals surface area contributed by atoms with Crippen molar-refractivity contribution in [3.8, 4) is 5.82 Å². The summed E-state index contributed by atoms with van der Waals surface area (Å²) in [6.45, 7) is 4.98. The van der Waals surface area contributed by atoms with Gasteiger partial charge in [-0.1, -0.05) is 13.8 Å². The predicted molar refractivity (Wildman–Crippen MR) is 70.7 cm³/mol. The van der Waals surface area contributed by atoms with E-state index in [9.17, 15) is 0 Å². The van der Waals surface area contributed by atoms with Crippen LogP contribution in [0.1, 0.15) is 30.8 Å². The summed E-state index contributed by atoms with van der Waals surface area (Å²) in [5, 5.41) is 7.74. The van der Waals surface area contributed by atoms with E-state index in [1.807, 2.05) is 17.9 Å². The summed E-state index contributed by atoms with van der Waals surface area (Å²) in [5.41, 5.74) is 3.34. The Balaban J connectivity index is 2.50. The zero-order valence-corrected chi connectivity index (χ0v) is 11.1. The van der Waals surface area contributed by atoms with E-state index >= 15 is 0 Å². The molecule has 96 valence electrons. The minimum Gasteiger partial charge on any atom is -0.315 e. The minimum atomic E-state index is 0.737. The molecule has 2 aromatic rings. The van der Waals surface area contributed by atoms with Crippen LogP contribution in [0.5, 0.6) is 0 Å². The van der Waals surface area contributed by atoms with Crippen LogP contribution in [-0.4, -0.2) is 26.8 Å². The first-order chi connectivity index (χ1) is 8.80. The fourth-order valence-corrected chi connectivity index (χ4v) is 1.94. The SMILES string of the molecule is CCc1cc(CC)n(-c2ncncc2CNC)n1. The molecule has 0 saturated heterocycles. The van der Waals surface area contributed by atoms with Gasteiger partial charge in [-0.2, -0.15) is 5.10 Å². The third-order valence-electron chi connectivity index (χ3n) is 2.89. The summed E-state index contributed by atoms with van der Waals surface area (Å²) in [6, 6.07) is 2.14. The maximum Gasteiger partial charge on any atom is 0.161 e. The van der Waals surface area contributed by atoms with E-state index in [1.165, 1.54) is 5.69 Å². The first kappa shape index (κ1) is 12.7. The van der Waals surface area contributed by atoms with Crippen molar-refractivity contribution in [1.82, 2.24) is 25.1 Å². The topological polar surface area (TPSA) is 55.6 Å². The third-order valence-corrected chi connectivity index (χ3v) is 2.89. The molecule has 0 amide bonds. The molecule has 0 saturated carbocycles. The third kappa shape index (κ3) is 2.41. The second kappa shape index (κ2) is 5.73. The van der Waals surface area contributed by atoms with Crippen molar-refractivity contribution >= 4 is 0 Å². The highest BCUT2D eigenvalue weighted by molar-refractivity contribution is 5.33. The van der Waals surface area contributed by atoms with Crippen molar-refractivity contribution in [2.75, 3.05) is 7.05 Å². The van der Waals surface area contributed by atoms with Crippen LogP contribution in [-0.2, 0) is 19.4 Å². The van der Waals surface area contributed by atoms with Crippen LogP contribution >= 0.6 is 0 Å². The molecule has 0 radical (unpaired) electrons. The Bertz CT molecular complexity index is 518. The standard InChI is InChI=1S/C13H19N5/c1-4-11-6-12(5-2)18(17-11)13-10(7-14-3)8-15-9-16-13/h6,8-9,14H,4-5,7H2,1-3H3. The first-order valence-electron chi connectivity index (χ1n) is 6.31. The molecular weight excluding hydrogens is 226 g/mol. The fourth-order valence-electron chi connectivity index (χ4n) is 1.94. The van der Waals surface area contributed by atoms with E-state index in [-0.39, 0.29) is 0 Å². The van der Waals surface area contributed by atoms with Crippen molar-refractivity contribution in [1.29, 1.82) is 0 Å². The van der Waals surface area contributed by atoms with Crippen molar-refractivity contribution < 1.29 is 0 Å². The molecule has 0 bridgehead atoms. The highest BCUT2D eigenvalue weighted by Gasteiger charge is 2.12. The molecule has 5 nitrogen and oxygen atoms in total. The number of nitrogens with zero attached hydrogens (tertiary/aromatic N) is 4. The number of rotatable bonds is 5. The number of hydrogen-bond donors (Lipinski definition) is 1. The van der Waals surface area contributed by atoms with Gasteiger partial charge in [0.2, 0.25) is 0 Å². The number of aryl methyl sites for hydroxylation is 2. The van der Waals surface area contributed by atoms with Gasteiger partial charge < -0.3 is 5.32 Å². The molecule has 0 spiro atoms. The molecule has 0 unspecified atom stereocenters. The lowest BCUT2D eigenvalue weighted by molar-refractivity contribution is 0.731. The number of nitrogens with one attached hydrogen (secondary N) is 1. The largest absolute Gasteiger partial charge is 0.315 e. The van der Waals surface area contributed by atoms with E-state index in [2.05, 4.69) is 40.3 Å². The maximum absolute atomic E-state index is 4.61. The van der Waals surface area contributed by atoms with Gasteiger partial charge in [-0.05, 0) is 26.0 Å². The maximum atomic E-state index is 4.61.